The van der Waals surface area contributed by atoms with Gasteiger partial charge in [0.25, 0.3) is 0 Å². The molecule has 1 aliphatic carbocycles. The van der Waals surface area contributed by atoms with E-state index in [4.69, 9.17) is 13.6 Å². The first-order chi connectivity index (χ1) is 30.0. The third-order valence-electron chi connectivity index (χ3n) is 10.1. The molecule has 2 heterocycles. The maximum Gasteiger partial charge on any atom is 0.226 e. The first kappa shape index (κ1) is 49.1. The molecule has 0 unspecified atom stereocenters. The fourth-order valence-electron chi connectivity index (χ4n) is 6.69. The summed E-state index contributed by atoms with van der Waals surface area (Å²) < 4.78 is 92.5. The van der Waals surface area contributed by atoms with Crippen LogP contribution in [0.4, 0.5) is 8.78 Å². The van der Waals surface area contributed by atoms with Gasteiger partial charge in [-0.25, -0.2) is 35.6 Å². The molecule has 0 amide bonds. The zero-order valence-electron chi connectivity index (χ0n) is 35.5. The molecule has 6 rings (SSSR count). The Hall–Kier alpha value is -4.90. The van der Waals surface area contributed by atoms with Gasteiger partial charge in [-0.1, -0.05) is 64.0 Å². The van der Waals surface area contributed by atoms with Crippen molar-refractivity contribution in [2.24, 2.45) is 0 Å². The van der Waals surface area contributed by atoms with E-state index in [0.717, 1.165) is 38.7 Å². The molecule has 0 saturated carbocycles. The van der Waals surface area contributed by atoms with Crippen LogP contribution in [0.5, 0.6) is 0 Å². The molecule has 0 atom stereocenters. The number of methoxy groups -OCH3 is 1. The number of halogens is 3. The lowest BCUT2D eigenvalue weighted by molar-refractivity contribution is -0.117. The summed E-state index contributed by atoms with van der Waals surface area (Å²) in [5.74, 6) is -1.30. The Bertz CT molecular complexity index is 2620. The molecule has 0 spiro atoms. The van der Waals surface area contributed by atoms with Crippen LogP contribution in [0.3, 0.4) is 0 Å². The number of carbonyl (C=O) groups excluding carboxylic acids is 2. The van der Waals surface area contributed by atoms with Crippen LogP contribution in [-0.2, 0) is 63.9 Å². The number of hydrogen-bond donors (Lipinski definition) is 0. The number of Topliss-reactive ketones (excluding diaryl/α,β-unsaturated/α-hetero) is 2. The SMILES string of the molecule is COCc1ccc(-c2nc(CS(=O)(=O)CC(=O)CCCc3ccc(F)cc3)c(C)o2)cc1.Cc1oc(-c2ccc(CBr)cc2)nc1CS(=O)(=O)CC(=O)CCCC1=CC=C(F)CC1. The molecule has 11 nitrogen and oxygen atoms in total. The molecule has 0 aliphatic heterocycles. The molecule has 2 aromatic heterocycles. The third-order valence-corrected chi connectivity index (χ3v) is 13.7. The fourth-order valence-corrected chi connectivity index (χ4v) is 9.90. The van der Waals surface area contributed by atoms with Gasteiger partial charge in [-0.3, -0.25) is 9.59 Å². The van der Waals surface area contributed by atoms with Crippen molar-refractivity contribution in [1.82, 2.24) is 9.97 Å². The predicted octanol–water partition coefficient (Wildman–Crippen LogP) is 10.2. The second kappa shape index (κ2) is 23.2. The van der Waals surface area contributed by atoms with Gasteiger partial charge in [-0.05, 0) is 105 Å². The van der Waals surface area contributed by atoms with Crippen molar-refractivity contribution in [3.05, 3.63) is 142 Å². The number of ketones is 2. The lowest BCUT2D eigenvalue weighted by atomic mass is 9.98. The number of carbonyl (C=O) groups is 2. The van der Waals surface area contributed by atoms with E-state index < -0.39 is 31.2 Å². The lowest BCUT2D eigenvalue weighted by Crippen LogP contribution is -2.18. The summed E-state index contributed by atoms with van der Waals surface area (Å²) >= 11 is 3.39. The lowest BCUT2D eigenvalue weighted by Gasteiger charge is -2.09. The van der Waals surface area contributed by atoms with Gasteiger partial charge in [0.15, 0.2) is 19.7 Å². The van der Waals surface area contributed by atoms with Gasteiger partial charge in [0.2, 0.25) is 11.8 Å². The average molecular weight is 970 g/mol. The summed E-state index contributed by atoms with van der Waals surface area (Å²) in [5, 5.41) is 0.739. The van der Waals surface area contributed by atoms with Crippen molar-refractivity contribution >= 4 is 47.2 Å². The number of hydrogen-bond acceptors (Lipinski definition) is 11. The number of oxazole rings is 2. The monoisotopic (exact) mass is 968 g/mol. The first-order valence-corrected chi connectivity index (χ1v) is 25.2. The molecule has 16 heteroatoms. The van der Waals surface area contributed by atoms with Crippen LogP contribution < -0.4 is 0 Å². The number of allylic oxidation sites excluding steroid dienone is 4. The highest BCUT2D eigenvalue weighted by molar-refractivity contribution is 9.08. The van der Waals surface area contributed by atoms with Gasteiger partial charge in [0.05, 0.1) is 29.5 Å². The van der Waals surface area contributed by atoms with Gasteiger partial charge in [0, 0.05) is 42.8 Å². The Morgan fingerprint density at radius 2 is 1.14 bits per heavy atom. The van der Waals surface area contributed by atoms with E-state index in [1.54, 1.807) is 39.2 Å². The van der Waals surface area contributed by atoms with Crippen LogP contribution in [0, 0.1) is 19.7 Å². The van der Waals surface area contributed by atoms with Crippen LogP contribution in [0.15, 0.2) is 105 Å². The molecule has 0 fully saturated rings. The van der Waals surface area contributed by atoms with Gasteiger partial charge in [0.1, 0.15) is 46.2 Å². The summed E-state index contributed by atoms with van der Waals surface area (Å²) in [6, 6.07) is 21.1. The molecule has 0 radical (unpaired) electrons. The highest BCUT2D eigenvalue weighted by Crippen LogP contribution is 2.27. The van der Waals surface area contributed by atoms with Crippen molar-refractivity contribution in [2.75, 3.05) is 18.6 Å². The van der Waals surface area contributed by atoms with Crippen molar-refractivity contribution < 1.29 is 48.8 Å². The number of benzene rings is 3. The van der Waals surface area contributed by atoms with Crippen LogP contribution >= 0.6 is 15.9 Å². The van der Waals surface area contributed by atoms with Crippen molar-refractivity contribution in [1.29, 1.82) is 0 Å². The maximum atomic E-state index is 13.0. The van der Waals surface area contributed by atoms with Gasteiger partial charge in [-0.2, -0.15) is 0 Å². The number of nitrogens with zero attached hydrogens (tertiary/aromatic N) is 2. The van der Waals surface area contributed by atoms with Crippen LogP contribution in [0.1, 0.15) is 84.5 Å². The third kappa shape index (κ3) is 16.0. The minimum Gasteiger partial charge on any atom is -0.441 e. The van der Waals surface area contributed by atoms with Crippen LogP contribution in [-0.4, -0.2) is 57.0 Å². The molecule has 5 aromatic rings. The summed E-state index contributed by atoms with van der Waals surface area (Å²) in [4.78, 5) is 33.1. The van der Waals surface area contributed by atoms with E-state index >= 15 is 0 Å². The smallest absolute Gasteiger partial charge is 0.226 e. The second-order valence-electron chi connectivity index (χ2n) is 15.4. The van der Waals surface area contributed by atoms with E-state index in [1.807, 2.05) is 48.5 Å². The normalized spacial score (nSPS) is 12.9. The molecule has 63 heavy (non-hydrogen) atoms. The molecular formula is C47H51BrF2N2O9S2. The quantitative estimate of drug-likeness (QED) is 0.0643. The van der Waals surface area contributed by atoms with Gasteiger partial charge < -0.3 is 13.6 Å². The molecule has 336 valence electrons. The molecule has 3 aromatic carbocycles. The van der Waals surface area contributed by atoms with Gasteiger partial charge >= 0.3 is 0 Å². The number of ether oxygens (including phenoxy) is 1. The van der Waals surface area contributed by atoms with Crippen molar-refractivity contribution in [3.63, 3.8) is 0 Å². The maximum absolute atomic E-state index is 13.0. The average Bonchev–Trinajstić information content (AvgIpc) is 3.79. The summed E-state index contributed by atoms with van der Waals surface area (Å²) in [7, 11) is -5.71. The van der Waals surface area contributed by atoms with Gasteiger partial charge in [-0.15, -0.1) is 0 Å². The summed E-state index contributed by atoms with van der Waals surface area (Å²) in [5.41, 5.74) is 6.23. The Kier molecular flexibility index (Phi) is 18.1. The first-order valence-electron chi connectivity index (χ1n) is 20.4. The number of alkyl halides is 1. The van der Waals surface area contributed by atoms with E-state index in [9.17, 15) is 35.2 Å². The molecule has 1 aliphatic rings. The highest BCUT2D eigenvalue weighted by atomic mass is 79.9. The van der Waals surface area contributed by atoms with E-state index in [0.29, 0.717) is 79.8 Å². The summed E-state index contributed by atoms with van der Waals surface area (Å²) in [6.45, 7) is 3.82. The molecule has 0 saturated heterocycles. The molecular weight excluding hydrogens is 919 g/mol. The largest absolute Gasteiger partial charge is 0.441 e. The zero-order chi connectivity index (χ0) is 45.6. The Morgan fingerprint density at radius 3 is 1.60 bits per heavy atom. The summed E-state index contributed by atoms with van der Waals surface area (Å²) in [6.07, 6.45) is 6.91. The Balaban J connectivity index is 0.000000238. The number of rotatable bonds is 21. The number of aryl methyl sites for hydroxylation is 3. The number of sulfone groups is 2. The number of aromatic nitrogens is 2. The van der Waals surface area contributed by atoms with Crippen LogP contribution in [0.2, 0.25) is 0 Å². The van der Waals surface area contributed by atoms with E-state index in [-0.39, 0.29) is 47.6 Å². The second-order valence-corrected chi connectivity index (χ2v) is 20.1. The van der Waals surface area contributed by atoms with E-state index in [1.165, 1.54) is 18.2 Å². The topological polar surface area (TPSA) is 164 Å². The predicted molar refractivity (Wildman–Crippen MR) is 241 cm³/mol. The minimum absolute atomic E-state index is 0.131. The molecule has 0 N–H and O–H groups in total. The Morgan fingerprint density at radius 1 is 0.667 bits per heavy atom. The standard InChI is InChI=1S/C24H26FNO5S.C23H25BrFNO4S/c1-17-23(26-24(31-17)20-10-6-19(7-11-20)14-30-2)16-32(28,29)15-22(27)5-3-4-18-8-12-21(25)13-9-18;1-16-22(26-23(30-16)19-9-5-18(13-24)6-10-19)15-31(28,29)14-21(27)4-2-3-17-7-11-20(25)12-8-17/h6-13H,3-5,14-16H2,1-2H3;5-7,9-11H,2-4,8,12-15H2,1H3. The van der Waals surface area contributed by atoms with Crippen molar-refractivity contribution in [3.8, 4) is 22.9 Å². The highest BCUT2D eigenvalue weighted by Gasteiger charge is 2.24. The van der Waals surface area contributed by atoms with Crippen LogP contribution in [0.25, 0.3) is 22.9 Å². The zero-order valence-corrected chi connectivity index (χ0v) is 38.7. The minimum atomic E-state index is -3.68. The van der Waals surface area contributed by atoms with Crippen molar-refractivity contribution in [2.45, 2.75) is 88.7 Å². The van der Waals surface area contributed by atoms with E-state index in [2.05, 4.69) is 25.9 Å². The Labute approximate surface area is 376 Å². The molecule has 0 bridgehead atoms. The fraction of sp³-hybridized carbons (Fsp3) is 0.362.